The number of rotatable bonds is 6. The van der Waals surface area contributed by atoms with Crippen LogP contribution in [-0.2, 0) is 5.41 Å². The standard InChI is InChI=1S/C49H34N2O/c52-48-45(50(34-18-4-1-5-19-34)35-20-6-2-7-21-35)32-17-33-46(48)51(36-22-8-3-9-23-36)44-31-16-30-43-47(44)39-26-12-15-29-42(39)49(43)40-27-13-10-24-37(40)38-25-11-14-28-41(38)49/h1-33,52H. The monoisotopic (exact) mass is 666 g/mol. The molecule has 0 aromatic heterocycles. The highest BCUT2D eigenvalue weighted by Crippen LogP contribution is 2.65. The summed E-state index contributed by atoms with van der Waals surface area (Å²) in [6, 6.07) is 70.3. The van der Waals surface area contributed by atoms with Gasteiger partial charge in [-0.05, 0) is 93.5 Å². The Morgan fingerprint density at radius 3 is 1.21 bits per heavy atom. The van der Waals surface area contributed by atoms with Crippen LogP contribution in [0.1, 0.15) is 22.3 Å². The number of phenolic OH excluding ortho intramolecular Hbond substituents is 1. The lowest BCUT2D eigenvalue weighted by Gasteiger charge is -2.33. The molecule has 2 aliphatic carbocycles. The van der Waals surface area contributed by atoms with E-state index in [1.54, 1.807) is 0 Å². The van der Waals surface area contributed by atoms with Crippen LogP contribution < -0.4 is 9.80 Å². The van der Waals surface area contributed by atoms with Gasteiger partial charge in [0.2, 0.25) is 0 Å². The molecule has 1 N–H and O–H groups in total. The van der Waals surface area contributed by atoms with Gasteiger partial charge in [0.15, 0.2) is 5.75 Å². The number of aromatic hydroxyl groups is 1. The van der Waals surface area contributed by atoms with Crippen molar-refractivity contribution in [1.29, 1.82) is 0 Å². The molecule has 2 aliphatic rings. The third-order valence-electron chi connectivity index (χ3n) is 10.8. The van der Waals surface area contributed by atoms with Gasteiger partial charge in [-0.2, -0.15) is 0 Å². The molecule has 0 radical (unpaired) electrons. The van der Waals surface area contributed by atoms with Crippen molar-refractivity contribution >= 4 is 34.1 Å². The van der Waals surface area contributed by atoms with Crippen LogP contribution in [-0.4, -0.2) is 5.11 Å². The van der Waals surface area contributed by atoms with Gasteiger partial charge in [0.25, 0.3) is 0 Å². The molecule has 52 heavy (non-hydrogen) atoms. The summed E-state index contributed by atoms with van der Waals surface area (Å²) < 4.78 is 0. The second-order valence-electron chi connectivity index (χ2n) is 13.4. The van der Waals surface area contributed by atoms with E-state index in [1.165, 1.54) is 44.5 Å². The largest absolute Gasteiger partial charge is 0.504 e. The number of benzene rings is 8. The highest BCUT2D eigenvalue weighted by atomic mass is 16.3. The normalized spacial score (nSPS) is 12.8. The predicted octanol–water partition coefficient (Wildman–Crippen LogP) is 12.7. The van der Waals surface area contributed by atoms with E-state index in [9.17, 15) is 5.11 Å². The zero-order valence-corrected chi connectivity index (χ0v) is 28.4. The van der Waals surface area contributed by atoms with Crippen LogP contribution in [0.4, 0.5) is 34.1 Å². The van der Waals surface area contributed by atoms with E-state index >= 15 is 0 Å². The third kappa shape index (κ3) is 4.26. The number of nitrogens with zero attached hydrogens (tertiary/aromatic N) is 2. The Morgan fingerprint density at radius 2 is 0.673 bits per heavy atom. The van der Waals surface area contributed by atoms with Crippen molar-refractivity contribution in [2.24, 2.45) is 0 Å². The minimum absolute atomic E-state index is 0.189. The number of anilines is 6. The summed E-state index contributed by atoms with van der Waals surface area (Å²) >= 11 is 0. The van der Waals surface area contributed by atoms with Gasteiger partial charge in [-0.3, -0.25) is 0 Å². The first kappa shape index (κ1) is 30.0. The zero-order chi connectivity index (χ0) is 34.6. The summed E-state index contributed by atoms with van der Waals surface area (Å²) in [6.45, 7) is 0. The van der Waals surface area contributed by atoms with E-state index in [-0.39, 0.29) is 5.75 Å². The van der Waals surface area contributed by atoms with Crippen LogP contribution >= 0.6 is 0 Å². The van der Waals surface area contributed by atoms with Crippen molar-refractivity contribution in [3.63, 3.8) is 0 Å². The molecular weight excluding hydrogens is 633 g/mol. The summed E-state index contributed by atoms with van der Waals surface area (Å²) in [5.74, 6) is 0.189. The SMILES string of the molecule is Oc1c(N(c2ccccc2)c2ccccc2)cccc1N(c1ccccc1)c1cccc2c1-c1ccccc1C21c2ccccc2-c2ccccc21. The molecule has 3 nitrogen and oxygen atoms in total. The highest BCUT2D eigenvalue weighted by Gasteiger charge is 2.52. The van der Waals surface area contributed by atoms with Crippen LogP contribution in [0.5, 0.6) is 5.75 Å². The second-order valence-corrected chi connectivity index (χ2v) is 13.4. The molecule has 0 saturated heterocycles. The molecule has 0 amide bonds. The minimum Gasteiger partial charge on any atom is -0.504 e. The summed E-state index contributed by atoms with van der Waals surface area (Å²) in [7, 11) is 0. The Balaban J connectivity index is 1.25. The molecule has 0 bridgehead atoms. The van der Waals surface area contributed by atoms with Gasteiger partial charge >= 0.3 is 0 Å². The Morgan fingerprint density at radius 1 is 0.308 bits per heavy atom. The Hall–Kier alpha value is -6.84. The van der Waals surface area contributed by atoms with Crippen molar-refractivity contribution in [3.05, 3.63) is 222 Å². The van der Waals surface area contributed by atoms with Crippen molar-refractivity contribution in [3.8, 4) is 28.0 Å². The maximum absolute atomic E-state index is 12.6. The van der Waals surface area contributed by atoms with E-state index in [0.29, 0.717) is 11.4 Å². The minimum atomic E-state index is -0.473. The predicted molar refractivity (Wildman–Crippen MR) is 214 cm³/mol. The molecule has 10 rings (SSSR count). The van der Waals surface area contributed by atoms with Crippen molar-refractivity contribution in [2.45, 2.75) is 5.41 Å². The Kier molecular flexibility index (Phi) is 6.87. The second kappa shape index (κ2) is 11.9. The molecule has 0 unspecified atom stereocenters. The van der Waals surface area contributed by atoms with Crippen LogP contribution in [0.25, 0.3) is 22.3 Å². The molecule has 0 aliphatic heterocycles. The summed E-state index contributed by atoms with van der Waals surface area (Å²) in [4.78, 5) is 4.35. The maximum atomic E-state index is 12.6. The topological polar surface area (TPSA) is 26.7 Å². The van der Waals surface area contributed by atoms with Crippen LogP contribution in [0, 0.1) is 0 Å². The fraction of sp³-hybridized carbons (Fsp3) is 0.0204. The van der Waals surface area contributed by atoms with Gasteiger partial charge < -0.3 is 14.9 Å². The smallest absolute Gasteiger partial charge is 0.163 e. The van der Waals surface area contributed by atoms with Gasteiger partial charge in [-0.15, -0.1) is 0 Å². The summed E-state index contributed by atoms with van der Waals surface area (Å²) in [5.41, 5.74) is 14.9. The fourth-order valence-corrected chi connectivity index (χ4v) is 8.76. The van der Waals surface area contributed by atoms with Crippen molar-refractivity contribution < 1.29 is 5.11 Å². The molecule has 1 spiro atoms. The number of para-hydroxylation sites is 4. The number of hydrogen-bond acceptors (Lipinski definition) is 3. The zero-order valence-electron chi connectivity index (χ0n) is 28.4. The average Bonchev–Trinajstić information content (AvgIpc) is 3.69. The molecule has 0 heterocycles. The fourth-order valence-electron chi connectivity index (χ4n) is 8.76. The number of hydrogen-bond donors (Lipinski definition) is 1. The van der Waals surface area contributed by atoms with E-state index in [2.05, 4.69) is 149 Å². The highest BCUT2D eigenvalue weighted by molar-refractivity contribution is 6.02. The van der Waals surface area contributed by atoms with Crippen molar-refractivity contribution in [2.75, 3.05) is 9.80 Å². The quantitative estimate of drug-likeness (QED) is 0.191. The van der Waals surface area contributed by atoms with E-state index in [0.717, 1.165) is 22.7 Å². The van der Waals surface area contributed by atoms with Crippen LogP contribution in [0.2, 0.25) is 0 Å². The average molecular weight is 667 g/mol. The van der Waals surface area contributed by atoms with Gasteiger partial charge in [0, 0.05) is 22.6 Å². The van der Waals surface area contributed by atoms with Gasteiger partial charge in [0.1, 0.15) is 0 Å². The molecular formula is C49H34N2O. The Labute approximate surface area is 303 Å². The molecule has 8 aromatic carbocycles. The lowest BCUT2D eigenvalue weighted by Crippen LogP contribution is -2.26. The number of phenols is 1. The molecule has 8 aromatic rings. The molecule has 0 atom stereocenters. The third-order valence-corrected chi connectivity index (χ3v) is 10.8. The molecule has 246 valence electrons. The first-order valence-electron chi connectivity index (χ1n) is 17.8. The Bertz CT molecular complexity index is 2510. The van der Waals surface area contributed by atoms with Gasteiger partial charge in [0.05, 0.1) is 22.5 Å². The molecule has 3 heteroatoms. The summed E-state index contributed by atoms with van der Waals surface area (Å²) in [5, 5.41) is 12.6. The van der Waals surface area contributed by atoms with Crippen LogP contribution in [0.3, 0.4) is 0 Å². The van der Waals surface area contributed by atoms with Gasteiger partial charge in [-0.1, -0.05) is 146 Å². The van der Waals surface area contributed by atoms with Crippen LogP contribution in [0.15, 0.2) is 200 Å². The maximum Gasteiger partial charge on any atom is 0.163 e. The van der Waals surface area contributed by atoms with E-state index < -0.39 is 5.41 Å². The van der Waals surface area contributed by atoms with E-state index in [4.69, 9.17) is 0 Å². The first-order valence-corrected chi connectivity index (χ1v) is 17.8. The van der Waals surface area contributed by atoms with Gasteiger partial charge in [-0.25, -0.2) is 0 Å². The van der Waals surface area contributed by atoms with Crippen molar-refractivity contribution in [1.82, 2.24) is 0 Å². The van der Waals surface area contributed by atoms with E-state index in [1.807, 2.05) is 60.7 Å². The summed E-state index contributed by atoms with van der Waals surface area (Å²) in [6.07, 6.45) is 0. The molecule has 0 fully saturated rings. The molecule has 0 saturated carbocycles. The number of fused-ring (bicyclic) bond motifs is 10. The lowest BCUT2D eigenvalue weighted by atomic mass is 9.70. The lowest BCUT2D eigenvalue weighted by molar-refractivity contribution is 0.478. The first-order chi connectivity index (χ1) is 25.8.